The summed E-state index contributed by atoms with van der Waals surface area (Å²) in [5, 5.41) is 3.58. The molecular weight excluding hydrogens is 244 g/mol. The minimum absolute atomic E-state index is 0.250. The van der Waals surface area contributed by atoms with Crippen LogP contribution in [0.15, 0.2) is 6.07 Å². The minimum atomic E-state index is 0.250. The van der Waals surface area contributed by atoms with Gasteiger partial charge in [0.1, 0.15) is 0 Å². The Labute approximate surface area is 114 Å². The first kappa shape index (κ1) is 14.0. The molecule has 0 aliphatic carbocycles. The summed E-state index contributed by atoms with van der Waals surface area (Å²) in [6.45, 7) is 8.79. The van der Waals surface area contributed by atoms with Gasteiger partial charge in [0, 0.05) is 36.1 Å². The zero-order valence-electron chi connectivity index (χ0n) is 11.4. The summed E-state index contributed by atoms with van der Waals surface area (Å²) in [6.07, 6.45) is 2.16. The number of rotatable bonds is 5. The van der Waals surface area contributed by atoms with Crippen LogP contribution in [0.25, 0.3) is 0 Å². The number of nitrogens with one attached hydrogen (secondary N) is 1. The molecule has 1 aliphatic heterocycles. The molecule has 2 heterocycles. The smallest absolute Gasteiger partial charge is 0.0472 e. The lowest BCUT2D eigenvalue weighted by atomic mass is 9.80. The van der Waals surface area contributed by atoms with Crippen LogP contribution in [-0.4, -0.2) is 26.3 Å². The second-order valence-corrected chi connectivity index (χ2v) is 6.71. The second kappa shape index (κ2) is 6.15. The molecule has 0 bridgehead atoms. The molecule has 1 aromatic rings. The van der Waals surface area contributed by atoms with E-state index in [1.54, 1.807) is 0 Å². The van der Waals surface area contributed by atoms with E-state index >= 15 is 0 Å². The Morgan fingerprint density at radius 2 is 2.11 bits per heavy atom. The fourth-order valence-corrected chi connectivity index (χ4v) is 3.47. The van der Waals surface area contributed by atoms with Gasteiger partial charge in [-0.1, -0.05) is 0 Å². The minimum Gasteiger partial charge on any atom is -0.381 e. The van der Waals surface area contributed by atoms with Gasteiger partial charge >= 0.3 is 0 Å². The molecule has 4 heteroatoms. The standard InChI is InChI=1S/C14H24N2OS/c1-11-7-13(18-12(11)2)8-16-10-14(9-15)3-5-17-6-4-14/h7,16H,3-6,8-10,15H2,1-2H3. The molecular formula is C14H24N2OS. The van der Waals surface area contributed by atoms with E-state index in [2.05, 4.69) is 25.2 Å². The summed E-state index contributed by atoms with van der Waals surface area (Å²) >= 11 is 1.89. The highest BCUT2D eigenvalue weighted by atomic mass is 32.1. The molecule has 1 fully saturated rings. The first-order valence-electron chi connectivity index (χ1n) is 6.70. The van der Waals surface area contributed by atoms with Crippen LogP contribution in [0.5, 0.6) is 0 Å². The molecule has 0 unspecified atom stereocenters. The van der Waals surface area contributed by atoms with Gasteiger partial charge in [0.25, 0.3) is 0 Å². The van der Waals surface area contributed by atoms with Crippen molar-refractivity contribution in [2.45, 2.75) is 33.2 Å². The normalized spacial score (nSPS) is 19.1. The van der Waals surface area contributed by atoms with Crippen LogP contribution in [0, 0.1) is 19.3 Å². The molecule has 18 heavy (non-hydrogen) atoms. The van der Waals surface area contributed by atoms with Crippen molar-refractivity contribution in [2.75, 3.05) is 26.3 Å². The van der Waals surface area contributed by atoms with E-state index in [0.29, 0.717) is 0 Å². The summed E-state index contributed by atoms with van der Waals surface area (Å²) in [5.41, 5.74) is 7.60. The molecule has 3 nitrogen and oxygen atoms in total. The van der Waals surface area contributed by atoms with E-state index in [0.717, 1.165) is 45.7 Å². The highest BCUT2D eigenvalue weighted by Gasteiger charge is 2.30. The van der Waals surface area contributed by atoms with Crippen LogP contribution in [0.1, 0.15) is 28.2 Å². The van der Waals surface area contributed by atoms with Gasteiger partial charge in [-0.15, -0.1) is 11.3 Å². The highest BCUT2D eigenvalue weighted by molar-refractivity contribution is 7.12. The lowest BCUT2D eigenvalue weighted by molar-refractivity contribution is 0.0191. The second-order valence-electron chi connectivity index (χ2n) is 5.37. The van der Waals surface area contributed by atoms with Crippen LogP contribution in [-0.2, 0) is 11.3 Å². The van der Waals surface area contributed by atoms with E-state index in [1.807, 2.05) is 11.3 Å². The molecule has 0 atom stereocenters. The van der Waals surface area contributed by atoms with Crippen LogP contribution >= 0.6 is 11.3 Å². The van der Waals surface area contributed by atoms with E-state index in [-0.39, 0.29) is 5.41 Å². The summed E-state index contributed by atoms with van der Waals surface area (Å²) in [5.74, 6) is 0. The van der Waals surface area contributed by atoms with Crippen molar-refractivity contribution in [2.24, 2.45) is 11.1 Å². The SMILES string of the molecule is Cc1cc(CNCC2(CN)CCOCC2)sc1C. The molecule has 3 N–H and O–H groups in total. The molecule has 1 aliphatic rings. The van der Waals surface area contributed by atoms with Crippen LogP contribution in [0.3, 0.4) is 0 Å². The van der Waals surface area contributed by atoms with E-state index in [4.69, 9.17) is 10.5 Å². The number of hydrogen-bond acceptors (Lipinski definition) is 4. The topological polar surface area (TPSA) is 47.3 Å². The van der Waals surface area contributed by atoms with E-state index < -0.39 is 0 Å². The summed E-state index contributed by atoms with van der Waals surface area (Å²) in [4.78, 5) is 2.84. The van der Waals surface area contributed by atoms with Gasteiger partial charge in [0.2, 0.25) is 0 Å². The Bertz CT molecular complexity index is 364. The summed E-state index contributed by atoms with van der Waals surface area (Å²) in [7, 11) is 0. The first-order chi connectivity index (χ1) is 8.65. The van der Waals surface area contributed by atoms with Crippen LogP contribution in [0.2, 0.25) is 0 Å². The molecule has 102 valence electrons. The fourth-order valence-electron chi connectivity index (χ4n) is 2.45. The van der Waals surface area contributed by atoms with E-state index in [9.17, 15) is 0 Å². The van der Waals surface area contributed by atoms with Crippen LogP contribution < -0.4 is 11.1 Å². The van der Waals surface area contributed by atoms with E-state index in [1.165, 1.54) is 15.3 Å². The Kier molecular flexibility index (Phi) is 4.78. The zero-order valence-corrected chi connectivity index (χ0v) is 12.2. The molecule has 1 aromatic heterocycles. The number of ether oxygens (including phenoxy) is 1. The quantitative estimate of drug-likeness (QED) is 0.861. The van der Waals surface area contributed by atoms with Crippen molar-refractivity contribution in [1.29, 1.82) is 0 Å². The van der Waals surface area contributed by atoms with Gasteiger partial charge < -0.3 is 15.8 Å². The van der Waals surface area contributed by atoms with Gasteiger partial charge in [-0.05, 0) is 50.3 Å². The molecule has 0 saturated carbocycles. The van der Waals surface area contributed by atoms with Gasteiger partial charge in [-0.3, -0.25) is 0 Å². The predicted octanol–water partition coefficient (Wildman–Crippen LogP) is 2.21. The maximum Gasteiger partial charge on any atom is 0.0472 e. The van der Waals surface area contributed by atoms with Gasteiger partial charge in [-0.2, -0.15) is 0 Å². The monoisotopic (exact) mass is 268 g/mol. The fraction of sp³-hybridized carbons (Fsp3) is 0.714. The zero-order chi connectivity index (χ0) is 13.0. The Morgan fingerprint density at radius 3 is 2.67 bits per heavy atom. The lowest BCUT2D eigenvalue weighted by Crippen LogP contribution is -2.44. The molecule has 0 amide bonds. The maximum atomic E-state index is 5.95. The highest BCUT2D eigenvalue weighted by Crippen LogP contribution is 2.28. The molecule has 2 rings (SSSR count). The van der Waals surface area contributed by atoms with Crippen molar-refractivity contribution in [3.63, 3.8) is 0 Å². The van der Waals surface area contributed by atoms with Gasteiger partial charge in [-0.25, -0.2) is 0 Å². The Hall–Kier alpha value is -0.420. The molecule has 0 aromatic carbocycles. The Balaban J connectivity index is 1.83. The van der Waals surface area contributed by atoms with Gasteiger partial charge in [0.15, 0.2) is 0 Å². The number of nitrogens with two attached hydrogens (primary N) is 1. The third-order valence-corrected chi connectivity index (χ3v) is 5.16. The van der Waals surface area contributed by atoms with Crippen molar-refractivity contribution in [1.82, 2.24) is 5.32 Å². The lowest BCUT2D eigenvalue weighted by Gasteiger charge is -2.36. The molecule has 0 spiro atoms. The Morgan fingerprint density at radius 1 is 1.39 bits per heavy atom. The van der Waals surface area contributed by atoms with Crippen LogP contribution in [0.4, 0.5) is 0 Å². The number of aryl methyl sites for hydroxylation is 2. The molecule has 1 saturated heterocycles. The summed E-state index contributed by atoms with van der Waals surface area (Å²) < 4.78 is 5.43. The largest absolute Gasteiger partial charge is 0.381 e. The van der Waals surface area contributed by atoms with Crippen molar-refractivity contribution < 1.29 is 4.74 Å². The van der Waals surface area contributed by atoms with Crippen molar-refractivity contribution in [3.05, 3.63) is 21.4 Å². The third-order valence-electron chi connectivity index (χ3n) is 4.00. The average molecular weight is 268 g/mol. The maximum absolute atomic E-state index is 5.95. The molecule has 0 radical (unpaired) electrons. The number of thiophene rings is 1. The average Bonchev–Trinajstić information content (AvgIpc) is 2.70. The van der Waals surface area contributed by atoms with Crippen molar-refractivity contribution >= 4 is 11.3 Å². The summed E-state index contributed by atoms with van der Waals surface area (Å²) in [6, 6.07) is 2.28. The third kappa shape index (κ3) is 3.32. The van der Waals surface area contributed by atoms with Gasteiger partial charge in [0.05, 0.1) is 0 Å². The first-order valence-corrected chi connectivity index (χ1v) is 7.51. The predicted molar refractivity (Wildman–Crippen MR) is 77.0 cm³/mol. The number of hydrogen-bond donors (Lipinski definition) is 2. The van der Waals surface area contributed by atoms with Crippen molar-refractivity contribution in [3.8, 4) is 0 Å².